The molecule has 0 spiro atoms. The second-order valence-corrected chi connectivity index (χ2v) is 20.6. The minimum Gasteiger partial charge on any atom is -0.547 e. The van der Waals surface area contributed by atoms with Crippen LogP contribution in [0.1, 0.15) is 49.7 Å². The van der Waals surface area contributed by atoms with E-state index in [1.165, 1.54) is 42.6 Å². The highest BCUT2D eigenvalue weighted by Gasteiger charge is 2.53. The van der Waals surface area contributed by atoms with Crippen LogP contribution in [0.2, 0.25) is 39.3 Å². The molecule has 0 N–H and O–H groups in total. The van der Waals surface area contributed by atoms with Crippen LogP contribution in [0.5, 0.6) is 11.5 Å². The van der Waals surface area contributed by atoms with E-state index in [1.807, 2.05) is 0 Å². The summed E-state index contributed by atoms with van der Waals surface area (Å²) in [5, 5.41) is 0. The van der Waals surface area contributed by atoms with Gasteiger partial charge in [-0.2, -0.15) is 0 Å². The number of rotatable bonds is 5. The first-order valence-corrected chi connectivity index (χ1v) is 18.5. The summed E-state index contributed by atoms with van der Waals surface area (Å²) < 4.78 is 18.9. The predicted octanol–water partition coefficient (Wildman–Crippen LogP) is 7.11. The van der Waals surface area contributed by atoms with Gasteiger partial charge in [-0.05, 0) is 107 Å². The molecule has 5 heteroatoms. The van der Waals surface area contributed by atoms with Crippen molar-refractivity contribution in [3.63, 3.8) is 0 Å². The maximum absolute atomic E-state index is 6.59. The number of benzene rings is 1. The Kier molecular flexibility index (Phi) is 5.46. The topological polar surface area (TPSA) is 27.7 Å². The molecule has 0 heterocycles. The molecule has 3 unspecified atom stereocenters. The van der Waals surface area contributed by atoms with Crippen molar-refractivity contribution < 1.29 is 13.6 Å². The number of fused-ring (bicyclic) bond motifs is 5. The molecule has 0 aromatic heterocycles. The fraction of sp³-hybridized carbons (Fsp3) is 0.680. The molecule has 0 bridgehead atoms. The molecular formula is C25H40O3Si2. The molecule has 3 aliphatic carbocycles. The largest absolute Gasteiger partial charge is 0.547 e. The maximum Gasteiger partial charge on any atom is 0.242 e. The molecule has 4 rings (SSSR count). The van der Waals surface area contributed by atoms with Crippen LogP contribution in [0, 0.1) is 17.3 Å². The average Bonchev–Trinajstić information content (AvgIpc) is 2.95. The Hall–Kier alpha value is -1.21. The number of hydrogen-bond donors (Lipinski definition) is 0. The molecule has 4 atom stereocenters. The first-order valence-electron chi connectivity index (χ1n) is 11.7. The molecule has 3 aliphatic rings. The Morgan fingerprint density at radius 3 is 2.30 bits per heavy atom. The van der Waals surface area contributed by atoms with E-state index >= 15 is 0 Å². The van der Waals surface area contributed by atoms with E-state index in [4.69, 9.17) is 13.6 Å². The summed E-state index contributed by atoms with van der Waals surface area (Å²) in [6, 6.07) is 4.54. The number of hydrogen-bond acceptors (Lipinski definition) is 3. The summed E-state index contributed by atoms with van der Waals surface area (Å²) >= 11 is 0. The zero-order chi connectivity index (χ0) is 21.9. The highest BCUT2D eigenvalue weighted by Crippen LogP contribution is 2.62. The van der Waals surface area contributed by atoms with Crippen molar-refractivity contribution in [3.05, 3.63) is 35.1 Å². The second kappa shape index (κ2) is 7.44. The van der Waals surface area contributed by atoms with Gasteiger partial charge in [-0.15, -0.1) is 0 Å². The quantitative estimate of drug-likeness (QED) is 0.453. The van der Waals surface area contributed by atoms with Crippen LogP contribution in [0.25, 0.3) is 0 Å². The predicted molar refractivity (Wildman–Crippen MR) is 129 cm³/mol. The Morgan fingerprint density at radius 1 is 0.967 bits per heavy atom. The molecular weight excluding hydrogens is 404 g/mol. The zero-order valence-corrected chi connectivity index (χ0v) is 22.2. The van der Waals surface area contributed by atoms with Crippen molar-refractivity contribution in [1.82, 2.24) is 0 Å². The highest BCUT2D eigenvalue weighted by atomic mass is 28.4. The van der Waals surface area contributed by atoms with Gasteiger partial charge in [0.15, 0.2) is 5.75 Å². The molecule has 1 saturated carbocycles. The summed E-state index contributed by atoms with van der Waals surface area (Å²) in [6.45, 7) is 16.1. The van der Waals surface area contributed by atoms with E-state index < -0.39 is 16.6 Å². The van der Waals surface area contributed by atoms with Crippen LogP contribution in [-0.4, -0.2) is 23.7 Å². The van der Waals surface area contributed by atoms with Gasteiger partial charge < -0.3 is 13.6 Å². The Bertz CT molecular complexity index is 849. The number of ether oxygens (including phenoxy) is 1. The lowest BCUT2D eigenvalue weighted by molar-refractivity contribution is 0.0503. The molecule has 1 aromatic rings. The Balaban J connectivity index is 1.63. The summed E-state index contributed by atoms with van der Waals surface area (Å²) in [5.74, 6) is 5.34. The van der Waals surface area contributed by atoms with Crippen LogP contribution in [0.4, 0.5) is 0 Å². The normalized spacial score (nSPS) is 30.7. The molecule has 0 amide bonds. The Morgan fingerprint density at radius 2 is 1.67 bits per heavy atom. The van der Waals surface area contributed by atoms with Crippen molar-refractivity contribution in [3.8, 4) is 11.5 Å². The van der Waals surface area contributed by atoms with E-state index in [9.17, 15) is 0 Å². The third kappa shape index (κ3) is 3.88. The zero-order valence-electron chi connectivity index (χ0n) is 20.2. The van der Waals surface area contributed by atoms with Crippen LogP contribution >= 0.6 is 0 Å². The molecule has 1 aromatic carbocycles. The Labute approximate surface area is 185 Å². The van der Waals surface area contributed by atoms with Crippen molar-refractivity contribution in [2.45, 2.75) is 84.2 Å². The fourth-order valence-corrected chi connectivity index (χ4v) is 8.06. The van der Waals surface area contributed by atoms with Gasteiger partial charge in [-0.3, -0.25) is 0 Å². The monoisotopic (exact) mass is 444 g/mol. The SMILES string of the molecule is COc1c(O[Si](C)(C)C)ccc2c1CCC1C2CC[C@]2(C)C(O[Si](C)(C)C)=CCC12. The van der Waals surface area contributed by atoms with Gasteiger partial charge in [0.2, 0.25) is 16.6 Å². The first kappa shape index (κ1) is 22.0. The van der Waals surface area contributed by atoms with Crippen molar-refractivity contribution in [2.24, 2.45) is 17.3 Å². The molecule has 30 heavy (non-hydrogen) atoms. The van der Waals surface area contributed by atoms with Crippen molar-refractivity contribution in [1.29, 1.82) is 0 Å². The number of allylic oxidation sites excluding steroid dienone is 2. The van der Waals surface area contributed by atoms with E-state index in [0.29, 0.717) is 11.8 Å². The van der Waals surface area contributed by atoms with E-state index in [0.717, 1.165) is 23.8 Å². The standard InChI is InChI=1S/C25H40O3Si2/c1-25-16-15-18-17-11-13-22(27-29(3,4)5)24(26-2)20(17)10-9-19(18)21(25)12-14-23(25)28-30(6,7)8/h11,13-14,18-19,21H,9-10,12,15-16H2,1-8H3/t18?,19?,21?,25-/m0/s1. The third-order valence-corrected chi connectivity index (χ3v) is 9.04. The molecule has 0 radical (unpaired) electrons. The molecule has 0 aliphatic heterocycles. The molecule has 0 saturated heterocycles. The lowest BCUT2D eigenvalue weighted by Gasteiger charge is -2.50. The van der Waals surface area contributed by atoms with Gasteiger partial charge >= 0.3 is 0 Å². The van der Waals surface area contributed by atoms with Crippen LogP contribution in [0.3, 0.4) is 0 Å². The summed E-state index contributed by atoms with van der Waals surface area (Å²) in [6.07, 6.45) is 8.43. The summed E-state index contributed by atoms with van der Waals surface area (Å²) in [4.78, 5) is 0. The summed E-state index contributed by atoms with van der Waals surface area (Å²) in [5.41, 5.74) is 3.15. The van der Waals surface area contributed by atoms with E-state index in [2.05, 4.69) is 64.4 Å². The average molecular weight is 445 g/mol. The van der Waals surface area contributed by atoms with Gasteiger partial charge in [-0.1, -0.05) is 13.0 Å². The minimum atomic E-state index is -1.68. The summed E-state index contributed by atoms with van der Waals surface area (Å²) in [7, 11) is -1.46. The molecule has 1 fully saturated rings. The van der Waals surface area contributed by atoms with Crippen LogP contribution in [-0.2, 0) is 10.8 Å². The molecule has 3 nitrogen and oxygen atoms in total. The lowest BCUT2D eigenvalue weighted by atomic mass is 9.55. The maximum atomic E-state index is 6.59. The fourth-order valence-electron chi connectivity index (χ4n) is 6.26. The van der Waals surface area contributed by atoms with E-state index in [1.54, 1.807) is 7.11 Å². The van der Waals surface area contributed by atoms with Crippen molar-refractivity contribution in [2.75, 3.05) is 7.11 Å². The molecule has 166 valence electrons. The number of methoxy groups -OCH3 is 1. The van der Waals surface area contributed by atoms with Crippen LogP contribution in [0.15, 0.2) is 24.0 Å². The van der Waals surface area contributed by atoms with Gasteiger partial charge in [0.25, 0.3) is 0 Å². The van der Waals surface area contributed by atoms with Gasteiger partial charge in [0.1, 0.15) is 5.75 Å². The van der Waals surface area contributed by atoms with Crippen molar-refractivity contribution >= 4 is 16.6 Å². The van der Waals surface area contributed by atoms with Gasteiger partial charge in [-0.25, -0.2) is 0 Å². The minimum absolute atomic E-state index is 0.226. The first-order chi connectivity index (χ1) is 13.9. The van der Waals surface area contributed by atoms with Crippen LogP contribution < -0.4 is 9.16 Å². The smallest absolute Gasteiger partial charge is 0.242 e. The lowest BCUT2D eigenvalue weighted by Crippen LogP contribution is -2.43. The van der Waals surface area contributed by atoms with Gasteiger partial charge in [0, 0.05) is 11.0 Å². The third-order valence-electron chi connectivity index (χ3n) is 7.37. The van der Waals surface area contributed by atoms with Gasteiger partial charge in [0.05, 0.1) is 12.9 Å². The van der Waals surface area contributed by atoms with E-state index in [-0.39, 0.29) is 5.41 Å². The highest BCUT2D eigenvalue weighted by molar-refractivity contribution is 6.70. The second-order valence-electron chi connectivity index (χ2n) is 11.8.